The van der Waals surface area contributed by atoms with Gasteiger partial charge in [0.25, 0.3) is 0 Å². The third-order valence-corrected chi connectivity index (χ3v) is 12.9. The Labute approximate surface area is 392 Å². The van der Waals surface area contributed by atoms with E-state index in [1.165, 1.54) is 11.1 Å². The van der Waals surface area contributed by atoms with Gasteiger partial charge >= 0.3 is 0 Å². The highest BCUT2D eigenvalue weighted by molar-refractivity contribution is 6.13. The Morgan fingerprint density at radius 3 is 1.44 bits per heavy atom. The summed E-state index contributed by atoms with van der Waals surface area (Å²) in [5, 5.41) is 4.22. The highest BCUT2D eigenvalue weighted by atomic mass is 16.3. The van der Waals surface area contributed by atoms with E-state index in [1.807, 2.05) is 30.3 Å². The number of para-hydroxylation sites is 1. The SMILES string of the molecule is c1ccc(-c2cccc(-c3nc(-c4ccc5c(c4)oc4cccc(-c6cc(-c7ccccc7)cc(-c7ccccc7)c6)c45)nc(-c4ccccc4-c4ccc5oc6ccccc6c5c4)n3)c2)cc1. The summed E-state index contributed by atoms with van der Waals surface area (Å²) in [5.74, 6) is 1.70. The molecule has 0 saturated carbocycles. The summed E-state index contributed by atoms with van der Waals surface area (Å²) in [6.07, 6.45) is 0. The average molecular weight is 870 g/mol. The lowest BCUT2D eigenvalue weighted by Gasteiger charge is -2.13. The molecule has 318 valence electrons. The van der Waals surface area contributed by atoms with E-state index in [0.29, 0.717) is 17.5 Å². The van der Waals surface area contributed by atoms with Crippen LogP contribution in [-0.2, 0) is 0 Å². The summed E-state index contributed by atoms with van der Waals surface area (Å²) in [5.41, 5.74) is 17.0. The predicted molar refractivity (Wildman–Crippen MR) is 278 cm³/mol. The van der Waals surface area contributed by atoms with Crippen LogP contribution >= 0.6 is 0 Å². The van der Waals surface area contributed by atoms with Crippen molar-refractivity contribution in [2.24, 2.45) is 0 Å². The molecule has 0 unspecified atom stereocenters. The van der Waals surface area contributed by atoms with Gasteiger partial charge in [-0.15, -0.1) is 0 Å². The predicted octanol–water partition coefficient (Wildman–Crippen LogP) is 17.0. The van der Waals surface area contributed by atoms with E-state index in [0.717, 1.165) is 105 Å². The Kier molecular flexibility index (Phi) is 9.43. The molecule has 0 aliphatic rings. The van der Waals surface area contributed by atoms with Crippen LogP contribution in [0.25, 0.3) is 134 Å². The molecule has 0 aliphatic carbocycles. The molecule has 5 nitrogen and oxygen atoms in total. The fraction of sp³-hybridized carbons (Fsp3) is 0. The first-order chi connectivity index (χ1) is 33.7. The molecule has 3 aromatic heterocycles. The maximum atomic E-state index is 6.76. The van der Waals surface area contributed by atoms with Crippen LogP contribution in [-0.4, -0.2) is 15.0 Å². The summed E-state index contributed by atoms with van der Waals surface area (Å²) in [6.45, 7) is 0. The first kappa shape index (κ1) is 39.2. The van der Waals surface area contributed by atoms with E-state index in [2.05, 4.69) is 206 Å². The van der Waals surface area contributed by atoms with Gasteiger partial charge in [0.1, 0.15) is 22.3 Å². The Morgan fingerprint density at radius 1 is 0.221 bits per heavy atom. The lowest BCUT2D eigenvalue weighted by Crippen LogP contribution is -2.01. The Morgan fingerprint density at radius 2 is 0.706 bits per heavy atom. The second-order valence-corrected chi connectivity index (χ2v) is 17.1. The third kappa shape index (κ3) is 7.02. The standard InChI is InChI=1S/C63H39N3O2/c1-4-16-40(17-5-1)43-22-14-23-45(34-43)61-64-62(66-63(65-61)53-26-11-10-24-50(53)44-31-33-57-55(38-44)52-25-12-13-28-56(52)67-57)46-30-32-54-59(39-46)68-58-29-15-27-51(60(54)58)49-36-47(41-18-6-2-7-19-41)35-48(37-49)42-20-8-3-9-21-42/h1-39H. The topological polar surface area (TPSA) is 65.0 Å². The molecule has 13 rings (SSSR count). The Balaban J connectivity index is 0.970. The van der Waals surface area contributed by atoms with Crippen LogP contribution < -0.4 is 0 Å². The van der Waals surface area contributed by atoms with Gasteiger partial charge in [-0.1, -0.05) is 176 Å². The van der Waals surface area contributed by atoms with E-state index < -0.39 is 0 Å². The van der Waals surface area contributed by atoms with E-state index in [9.17, 15) is 0 Å². The quantitative estimate of drug-likeness (QED) is 0.152. The van der Waals surface area contributed by atoms with Crippen molar-refractivity contribution in [1.82, 2.24) is 15.0 Å². The maximum absolute atomic E-state index is 6.76. The summed E-state index contributed by atoms with van der Waals surface area (Å²) in [6, 6.07) is 82.3. The smallest absolute Gasteiger partial charge is 0.164 e. The van der Waals surface area contributed by atoms with E-state index in [1.54, 1.807) is 0 Å². The van der Waals surface area contributed by atoms with Gasteiger partial charge in [0.15, 0.2) is 17.5 Å². The summed E-state index contributed by atoms with van der Waals surface area (Å²) >= 11 is 0. The van der Waals surface area contributed by atoms with Gasteiger partial charge < -0.3 is 8.83 Å². The largest absolute Gasteiger partial charge is 0.456 e. The fourth-order valence-corrected chi connectivity index (χ4v) is 9.63. The van der Waals surface area contributed by atoms with Gasteiger partial charge in [-0.05, 0) is 116 Å². The molecular weight excluding hydrogens is 831 g/mol. The van der Waals surface area contributed by atoms with E-state index in [-0.39, 0.29) is 0 Å². The first-order valence-electron chi connectivity index (χ1n) is 22.8. The highest BCUT2D eigenvalue weighted by Gasteiger charge is 2.20. The molecule has 0 fully saturated rings. The van der Waals surface area contributed by atoms with Crippen LogP contribution in [0.3, 0.4) is 0 Å². The number of benzene rings is 10. The summed E-state index contributed by atoms with van der Waals surface area (Å²) < 4.78 is 13.0. The first-order valence-corrected chi connectivity index (χ1v) is 22.8. The number of fused-ring (bicyclic) bond motifs is 6. The Hall–Kier alpha value is -9.19. The third-order valence-electron chi connectivity index (χ3n) is 12.9. The summed E-state index contributed by atoms with van der Waals surface area (Å²) in [7, 11) is 0. The number of hydrogen-bond acceptors (Lipinski definition) is 5. The van der Waals surface area contributed by atoms with Crippen molar-refractivity contribution in [1.29, 1.82) is 0 Å². The van der Waals surface area contributed by atoms with Crippen molar-refractivity contribution >= 4 is 43.9 Å². The molecule has 0 saturated heterocycles. The van der Waals surface area contributed by atoms with Crippen molar-refractivity contribution < 1.29 is 8.83 Å². The number of aromatic nitrogens is 3. The molecule has 3 heterocycles. The minimum absolute atomic E-state index is 0.548. The minimum atomic E-state index is 0.548. The van der Waals surface area contributed by atoms with E-state index in [4.69, 9.17) is 23.8 Å². The normalized spacial score (nSPS) is 11.5. The van der Waals surface area contributed by atoms with Gasteiger partial charge in [-0.3, -0.25) is 0 Å². The van der Waals surface area contributed by atoms with Gasteiger partial charge in [0, 0.05) is 38.2 Å². The van der Waals surface area contributed by atoms with Gasteiger partial charge in [-0.25, -0.2) is 15.0 Å². The highest BCUT2D eigenvalue weighted by Crippen LogP contribution is 2.42. The van der Waals surface area contributed by atoms with Crippen LogP contribution in [0.15, 0.2) is 245 Å². The fourth-order valence-electron chi connectivity index (χ4n) is 9.63. The number of rotatable bonds is 8. The number of nitrogens with zero attached hydrogens (tertiary/aromatic N) is 3. The maximum Gasteiger partial charge on any atom is 0.164 e. The molecule has 5 heteroatoms. The molecule has 0 amide bonds. The molecule has 0 aliphatic heterocycles. The molecule has 13 aromatic rings. The lowest BCUT2D eigenvalue weighted by atomic mass is 9.91. The van der Waals surface area contributed by atoms with Crippen LogP contribution in [0.4, 0.5) is 0 Å². The zero-order valence-electron chi connectivity index (χ0n) is 36.7. The van der Waals surface area contributed by atoms with Crippen LogP contribution in [0, 0.1) is 0 Å². The van der Waals surface area contributed by atoms with Crippen molar-refractivity contribution in [3.63, 3.8) is 0 Å². The minimum Gasteiger partial charge on any atom is -0.456 e. The molecule has 0 atom stereocenters. The zero-order valence-corrected chi connectivity index (χ0v) is 36.7. The number of hydrogen-bond donors (Lipinski definition) is 0. The van der Waals surface area contributed by atoms with Crippen LogP contribution in [0.2, 0.25) is 0 Å². The molecule has 68 heavy (non-hydrogen) atoms. The van der Waals surface area contributed by atoms with Gasteiger partial charge in [-0.2, -0.15) is 0 Å². The van der Waals surface area contributed by atoms with Crippen molar-refractivity contribution in [3.8, 4) is 89.8 Å². The molecule has 0 radical (unpaired) electrons. The molecule has 0 N–H and O–H groups in total. The lowest BCUT2D eigenvalue weighted by molar-refractivity contribution is 0.668. The van der Waals surface area contributed by atoms with Crippen molar-refractivity contribution in [3.05, 3.63) is 237 Å². The number of furan rings is 2. The molecular formula is C63H39N3O2. The Bertz CT molecular complexity index is 3970. The van der Waals surface area contributed by atoms with Crippen molar-refractivity contribution in [2.75, 3.05) is 0 Å². The van der Waals surface area contributed by atoms with Crippen LogP contribution in [0.1, 0.15) is 0 Å². The zero-order chi connectivity index (χ0) is 45.0. The van der Waals surface area contributed by atoms with Gasteiger partial charge in [0.2, 0.25) is 0 Å². The second-order valence-electron chi connectivity index (χ2n) is 17.1. The van der Waals surface area contributed by atoms with Crippen molar-refractivity contribution in [2.45, 2.75) is 0 Å². The van der Waals surface area contributed by atoms with E-state index >= 15 is 0 Å². The molecule has 10 aromatic carbocycles. The molecule has 0 bridgehead atoms. The second kappa shape index (κ2) is 16.4. The van der Waals surface area contributed by atoms with Crippen LogP contribution in [0.5, 0.6) is 0 Å². The molecule has 0 spiro atoms. The average Bonchev–Trinajstić information content (AvgIpc) is 3.99. The monoisotopic (exact) mass is 869 g/mol. The van der Waals surface area contributed by atoms with Gasteiger partial charge in [0.05, 0.1) is 0 Å². The summed E-state index contributed by atoms with van der Waals surface area (Å²) in [4.78, 5) is 15.8.